The highest BCUT2D eigenvalue weighted by molar-refractivity contribution is 5.77. The van der Waals surface area contributed by atoms with E-state index in [0.717, 1.165) is 33.4 Å². The van der Waals surface area contributed by atoms with E-state index < -0.39 is 29.9 Å². The predicted molar refractivity (Wildman–Crippen MR) is 188 cm³/mol. The summed E-state index contributed by atoms with van der Waals surface area (Å²) in [7, 11) is 0. The van der Waals surface area contributed by atoms with Crippen molar-refractivity contribution in [2.45, 2.75) is 169 Å². The number of carbonyl (C=O) groups is 2. The van der Waals surface area contributed by atoms with Crippen LogP contribution in [0.3, 0.4) is 0 Å². The first-order valence-electron chi connectivity index (χ1n) is 17.1. The van der Waals surface area contributed by atoms with Crippen molar-refractivity contribution in [2.24, 2.45) is 0 Å². The number of benzene rings is 2. The zero-order valence-electron chi connectivity index (χ0n) is 32.0. The van der Waals surface area contributed by atoms with Crippen LogP contribution in [0.1, 0.15) is 156 Å². The molecule has 0 bridgehead atoms. The monoisotopic (exact) mass is 668 g/mol. The molecule has 0 saturated carbocycles. The fourth-order valence-electron chi connectivity index (χ4n) is 6.14. The first kappa shape index (κ1) is 39.3. The summed E-state index contributed by atoms with van der Waals surface area (Å²) in [5, 5.41) is 22.1. The zero-order valence-corrected chi connectivity index (χ0v) is 32.0. The number of rotatable bonds is 9. The number of esters is 2. The van der Waals surface area contributed by atoms with Gasteiger partial charge in [-0.05, 0) is 94.4 Å². The standard InChI is InChI=1S/C40H60O8/c1-23(45-30(41)17-16-24-18-26(36(2,3)4)31(42)27(19-24)37(5,6)7)22-40(14,15)46-35(44)34-33(47-48-34)25-20-28(38(8,9)10)32(43)29(21-25)39(11,12)13/h18-21,23,33-34,42-43H,16-17,22H2,1-15H3. The Morgan fingerprint density at radius 1 is 0.708 bits per heavy atom. The van der Waals surface area contributed by atoms with Gasteiger partial charge in [0.1, 0.15) is 23.2 Å². The zero-order chi connectivity index (χ0) is 36.8. The van der Waals surface area contributed by atoms with Crippen LogP contribution in [-0.2, 0) is 56.9 Å². The highest BCUT2D eigenvalue weighted by Crippen LogP contribution is 2.44. The summed E-state index contributed by atoms with van der Waals surface area (Å²) < 4.78 is 11.6. The molecule has 3 rings (SSSR count). The second-order valence-corrected chi connectivity index (χ2v) is 18.2. The van der Waals surface area contributed by atoms with Crippen LogP contribution in [0.5, 0.6) is 11.5 Å². The minimum atomic E-state index is -0.978. The molecule has 1 heterocycles. The number of aryl methyl sites for hydroxylation is 1. The van der Waals surface area contributed by atoms with Crippen molar-refractivity contribution >= 4 is 11.9 Å². The van der Waals surface area contributed by atoms with E-state index >= 15 is 0 Å². The third-order valence-corrected chi connectivity index (χ3v) is 8.74. The maximum absolute atomic E-state index is 13.3. The van der Waals surface area contributed by atoms with Crippen LogP contribution in [-0.4, -0.2) is 40.0 Å². The largest absolute Gasteiger partial charge is 0.507 e. The molecule has 8 heteroatoms. The van der Waals surface area contributed by atoms with Gasteiger partial charge in [-0.1, -0.05) is 95.2 Å². The van der Waals surface area contributed by atoms with Gasteiger partial charge in [-0.3, -0.25) is 4.79 Å². The maximum atomic E-state index is 13.3. The lowest BCUT2D eigenvalue weighted by Gasteiger charge is -2.37. The third kappa shape index (κ3) is 9.53. The molecule has 0 spiro atoms. The molecule has 1 aliphatic heterocycles. The number of aromatic hydroxyl groups is 2. The molecule has 3 atom stereocenters. The molecular formula is C40H60O8. The van der Waals surface area contributed by atoms with E-state index in [0.29, 0.717) is 12.2 Å². The Balaban J connectivity index is 1.65. The second-order valence-electron chi connectivity index (χ2n) is 18.2. The van der Waals surface area contributed by atoms with Gasteiger partial charge >= 0.3 is 11.9 Å². The van der Waals surface area contributed by atoms with Gasteiger partial charge < -0.3 is 19.7 Å². The fourth-order valence-corrected chi connectivity index (χ4v) is 6.14. The van der Waals surface area contributed by atoms with Gasteiger partial charge in [0.15, 0.2) is 6.10 Å². The number of hydrogen-bond donors (Lipinski definition) is 2. The molecule has 268 valence electrons. The minimum absolute atomic E-state index is 0.178. The molecule has 0 aromatic heterocycles. The van der Waals surface area contributed by atoms with E-state index in [1.807, 2.05) is 65.8 Å². The van der Waals surface area contributed by atoms with Gasteiger partial charge in [-0.25, -0.2) is 14.6 Å². The highest BCUT2D eigenvalue weighted by atomic mass is 17.2. The molecule has 0 amide bonds. The van der Waals surface area contributed by atoms with Crippen molar-refractivity contribution in [3.8, 4) is 11.5 Å². The summed E-state index contributed by atoms with van der Waals surface area (Å²) in [5.41, 5.74) is 2.77. The van der Waals surface area contributed by atoms with E-state index in [4.69, 9.17) is 19.2 Å². The number of carbonyl (C=O) groups excluding carboxylic acids is 2. The molecule has 2 aromatic carbocycles. The number of ether oxygens (including phenoxy) is 2. The smallest absolute Gasteiger partial charge is 0.342 e. The Morgan fingerprint density at radius 2 is 1.12 bits per heavy atom. The Kier molecular flexibility index (Phi) is 11.2. The van der Waals surface area contributed by atoms with Crippen molar-refractivity contribution in [2.75, 3.05) is 0 Å². The third-order valence-electron chi connectivity index (χ3n) is 8.74. The molecule has 48 heavy (non-hydrogen) atoms. The van der Waals surface area contributed by atoms with Gasteiger partial charge in [0.2, 0.25) is 6.10 Å². The quantitative estimate of drug-likeness (QED) is 0.201. The van der Waals surface area contributed by atoms with E-state index in [1.54, 1.807) is 20.8 Å². The molecule has 1 fully saturated rings. The summed E-state index contributed by atoms with van der Waals surface area (Å²) in [5.74, 6) is -0.367. The predicted octanol–water partition coefficient (Wildman–Crippen LogP) is 8.94. The topological polar surface area (TPSA) is 112 Å². The van der Waals surface area contributed by atoms with Crippen molar-refractivity contribution in [3.05, 3.63) is 57.6 Å². The molecule has 8 nitrogen and oxygen atoms in total. The second kappa shape index (κ2) is 13.7. The van der Waals surface area contributed by atoms with Gasteiger partial charge in [-0.15, -0.1) is 0 Å². The van der Waals surface area contributed by atoms with Crippen molar-refractivity contribution in [1.29, 1.82) is 0 Å². The average molecular weight is 669 g/mol. The van der Waals surface area contributed by atoms with Gasteiger partial charge in [-0.2, -0.15) is 0 Å². The molecule has 1 aliphatic rings. The lowest BCUT2D eigenvalue weighted by Crippen LogP contribution is -2.46. The van der Waals surface area contributed by atoms with Crippen LogP contribution in [0, 0.1) is 0 Å². The molecule has 3 unspecified atom stereocenters. The Hall–Kier alpha value is -3.10. The summed E-state index contributed by atoms with van der Waals surface area (Å²) in [6, 6.07) is 7.71. The van der Waals surface area contributed by atoms with Crippen molar-refractivity contribution in [1.82, 2.24) is 0 Å². The summed E-state index contributed by atoms with van der Waals surface area (Å²) in [4.78, 5) is 36.9. The SMILES string of the molecule is CC(CC(C)(C)OC(=O)C1OOC1c1cc(C(C)(C)C)c(O)c(C(C)(C)C)c1)OC(=O)CCc1cc(C(C)(C)C)c(O)c(C(C)(C)C)c1. The molecule has 2 N–H and O–H groups in total. The molecule has 0 aliphatic carbocycles. The van der Waals surface area contributed by atoms with E-state index in [1.165, 1.54) is 0 Å². The number of hydrogen-bond acceptors (Lipinski definition) is 8. The number of phenols is 2. The van der Waals surface area contributed by atoms with E-state index in [2.05, 4.69) is 41.5 Å². The Bertz CT molecular complexity index is 1420. The van der Waals surface area contributed by atoms with E-state index in [9.17, 15) is 19.8 Å². The van der Waals surface area contributed by atoms with Crippen molar-refractivity contribution in [3.63, 3.8) is 0 Å². The molecule has 1 saturated heterocycles. The van der Waals surface area contributed by atoms with Crippen LogP contribution >= 0.6 is 0 Å². The molecule has 0 radical (unpaired) electrons. The first-order valence-corrected chi connectivity index (χ1v) is 17.1. The highest BCUT2D eigenvalue weighted by Gasteiger charge is 2.46. The van der Waals surface area contributed by atoms with Crippen molar-refractivity contribution < 1.29 is 39.1 Å². The van der Waals surface area contributed by atoms with Crippen LogP contribution < -0.4 is 0 Å². The van der Waals surface area contributed by atoms with Crippen LogP contribution in [0.25, 0.3) is 0 Å². The normalized spacial score (nSPS) is 18.2. The van der Waals surface area contributed by atoms with Gasteiger partial charge in [0.05, 0.1) is 0 Å². The summed E-state index contributed by atoms with van der Waals surface area (Å²) in [6.45, 7) is 29.9. The minimum Gasteiger partial charge on any atom is -0.507 e. The maximum Gasteiger partial charge on any atom is 0.342 e. The van der Waals surface area contributed by atoms with E-state index in [-0.39, 0.29) is 46.2 Å². The van der Waals surface area contributed by atoms with Crippen LogP contribution in [0.2, 0.25) is 0 Å². The van der Waals surface area contributed by atoms with Gasteiger partial charge in [0, 0.05) is 12.8 Å². The molecule has 2 aromatic rings. The summed E-state index contributed by atoms with van der Waals surface area (Å²) >= 11 is 0. The number of phenolic OH excluding ortho intramolecular Hbond substituents is 2. The Labute approximate surface area is 288 Å². The first-order chi connectivity index (χ1) is 21.6. The summed E-state index contributed by atoms with van der Waals surface area (Å²) in [6.07, 6.45) is -1.24. The van der Waals surface area contributed by atoms with Crippen LogP contribution in [0.4, 0.5) is 0 Å². The average Bonchev–Trinajstić information content (AvgIpc) is 2.84. The van der Waals surface area contributed by atoms with Gasteiger partial charge in [0.25, 0.3) is 0 Å². The van der Waals surface area contributed by atoms with Crippen LogP contribution in [0.15, 0.2) is 24.3 Å². The lowest BCUT2D eigenvalue weighted by molar-refractivity contribution is -0.460. The molecular weight excluding hydrogens is 608 g/mol. The Morgan fingerprint density at radius 3 is 1.50 bits per heavy atom. The lowest BCUT2D eigenvalue weighted by atomic mass is 9.77. The fraction of sp³-hybridized carbons (Fsp3) is 0.650.